The van der Waals surface area contributed by atoms with Gasteiger partial charge >= 0.3 is 5.97 Å². The summed E-state index contributed by atoms with van der Waals surface area (Å²) in [6.07, 6.45) is 1.37. The van der Waals surface area contributed by atoms with Gasteiger partial charge in [-0.1, -0.05) is 48.0 Å². The zero-order valence-electron chi connectivity index (χ0n) is 14.0. The average Bonchev–Trinajstić information content (AvgIpc) is 2.70. The number of carbonyl (C=O) groups excluding carboxylic acids is 1. The van der Waals surface area contributed by atoms with Gasteiger partial charge in [0.05, 0.1) is 16.5 Å². The van der Waals surface area contributed by atoms with Gasteiger partial charge in [0.2, 0.25) is 5.43 Å². The fourth-order valence-electron chi connectivity index (χ4n) is 2.78. The molecule has 0 unspecified atom stereocenters. The third kappa shape index (κ3) is 3.35. The summed E-state index contributed by atoms with van der Waals surface area (Å²) in [6, 6.07) is 20.4. The van der Waals surface area contributed by atoms with Gasteiger partial charge in [0.1, 0.15) is 17.6 Å². The molecule has 0 atom stereocenters. The van der Waals surface area contributed by atoms with Gasteiger partial charge in [0.15, 0.2) is 0 Å². The number of hydrogen-bond acceptors (Lipinski definition) is 4. The van der Waals surface area contributed by atoms with Crippen molar-refractivity contribution in [3.05, 3.63) is 99.9 Å². The number of fused-ring (bicyclic) bond motifs is 1. The van der Waals surface area contributed by atoms with Gasteiger partial charge in [-0.05, 0) is 30.3 Å². The number of ether oxygens (including phenoxy) is 1. The normalized spacial score (nSPS) is 10.7. The van der Waals surface area contributed by atoms with E-state index in [2.05, 4.69) is 0 Å². The summed E-state index contributed by atoms with van der Waals surface area (Å²) < 4.78 is 11.0. The van der Waals surface area contributed by atoms with E-state index in [1.54, 1.807) is 60.7 Å². The Balaban J connectivity index is 1.70. The van der Waals surface area contributed by atoms with E-state index in [1.807, 2.05) is 6.07 Å². The minimum atomic E-state index is -0.481. The van der Waals surface area contributed by atoms with Crippen molar-refractivity contribution in [2.45, 2.75) is 0 Å². The van der Waals surface area contributed by atoms with Crippen molar-refractivity contribution in [1.29, 1.82) is 0 Å². The van der Waals surface area contributed by atoms with Crippen LogP contribution in [0.4, 0.5) is 0 Å². The Bertz CT molecular complexity index is 1200. The van der Waals surface area contributed by atoms with Crippen LogP contribution in [-0.4, -0.2) is 5.97 Å². The molecule has 5 heteroatoms. The second-order valence-corrected chi connectivity index (χ2v) is 6.28. The van der Waals surface area contributed by atoms with Gasteiger partial charge in [-0.3, -0.25) is 4.79 Å². The SMILES string of the molecule is O=C(Oc1ccc2c(=O)c(-c3ccccc3Cl)coc2c1)c1ccccc1. The Morgan fingerprint density at radius 3 is 2.41 bits per heavy atom. The fourth-order valence-corrected chi connectivity index (χ4v) is 3.02. The molecule has 4 aromatic rings. The summed E-state index contributed by atoms with van der Waals surface area (Å²) >= 11 is 6.18. The van der Waals surface area contributed by atoms with Crippen molar-refractivity contribution in [2.75, 3.05) is 0 Å². The van der Waals surface area contributed by atoms with Gasteiger partial charge in [-0.2, -0.15) is 0 Å². The molecular formula is C22H13ClO4. The van der Waals surface area contributed by atoms with Crippen molar-refractivity contribution < 1.29 is 13.9 Å². The van der Waals surface area contributed by atoms with E-state index < -0.39 is 5.97 Å². The molecule has 3 aromatic carbocycles. The van der Waals surface area contributed by atoms with Crippen molar-refractivity contribution in [3.63, 3.8) is 0 Å². The zero-order valence-corrected chi connectivity index (χ0v) is 14.8. The van der Waals surface area contributed by atoms with Gasteiger partial charge in [0, 0.05) is 16.7 Å². The predicted molar refractivity (Wildman–Crippen MR) is 104 cm³/mol. The van der Waals surface area contributed by atoms with Gasteiger partial charge in [-0.25, -0.2) is 4.79 Å². The number of rotatable bonds is 3. The lowest BCUT2D eigenvalue weighted by molar-refractivity contribution is 0.0735. The molecule has 1 heterocycles. The number of carbonyl (C=O) groups is 1. The molecule has 0 saturated carbocycles. The van der Waals surface area contributed by atoms with Crippen LogP contribution in [0.5, 0.6) is 5.75 Å². The highest BCUT2D eigenvalue weighted by Crippen LogP contribution is 2.28. The third-order valence-corrected chi connectivity index (χ3v) is 4.46. The fraction of sp³-hybridized carbons (Fsp3) is 0. The van der Waals surface area contributed by atoms with Gasteiger partial charge in [0.25, 0.3) is 0 Å². The van der Waals surface area contributed by atoms with Crippen LogP contribution in [-0.2, 0) is 0 Å². The molecule has 0 N–H and O–H groups in total. The lowest BCUT2D eigenvalue weighted by atomic mass is 10.1. The maximum absolute atomic E-state index is 12.8. The van der Waals surface area contributed by atoms with E-state index in [4.69, 9.17) is 20.8 Å². The van der Waals surface area contributed by atoms with Gasteiger partial charge in [-0.15, -0.1) is 0 Å². The minimum absolute atomic E-state index is 0.203. The topological polar surface area (TPSA) is 56.5 Å². The second-order valence-electron chi connectivity index (χ2n) is 5.87. The minimum Gasteiger partial charge on any atom is -0.463 e. The number of halogens is 1. The molecule has 132 valence electrons. The van der Waals surface area contributed by atoms with Crippen LogP contribution in [0.1, 0.15) is 10.4 Å². The van der Waals surface area contributed by atoms with Crippen LogP contribution in [0.2, 0.25) is 5.02 Å². The molecule has 0 fully saturated rings. The highest BCUT2D eigenvalue weighted by Gasteiger charge is 2.14. The molecule has 0 amide bonds. The average molecular weight is 377 g/mol. The summed E-state index contributed by atoms with van der Waals surface area (Å²) in [7, 11) is 0. The smallest absolute Gasteiger partial charge is 0.343 e. The number of esters is 1. The molecular weight excluding hydrogens is 364 g/mol. The molecule has 4 rings (SSSR count). The van der Waals surface area contributed by atoms with Crippen molar-refractivity contribution in [2.24, 2.45) is 0 Å². The predicted octanol–water partition coefficient (Wildman–Crippen LogP) is 5.33. The van der Waals surface area contributed by atoms with Crippen LogP contribution in [0, 0.1) is 0 Å². The molecule has 4 nitrogen and oxygen atoms in total. The van der Waals surface area contributed by atoms with E-state index >= 15 is 0 Å². The van der Waals surface area contributed by atoms with Crippen molar-refractivity contribution in [3.8, 4) is 16.9 Å². The molecule has 1 aromatic heterocycles. The molecule has 0 aliphatic rings. The molecule has 0 aliphatic heterocycles. The Morgan fingerprint density at radius 1 is 0.889 bits per heavy atom. The molecule has 27 heavy (non-hydrogen) atoms. The first-order chi connectivity index (χ1) is 13.1. The molecule has 0 spiro atoms. The Hall–Kier alpha value is -3.37. The highest BCUT2D eigenvalue weighted by molar-refractivity contribution is 6.33. The lowest BCUT2D eigenvalue weighted by Crippen LogP contribution is -2.09. The van der Waals surface area contributed by atoms with Gasteiger partial charge < -0.3 is 9.15 Å². The van der Waals surface area contributed by atoms with E-state index in [-0.39, 0.29) is 5.43 Å². The molecule has 0 bridgehead atoms. The van der Waals surface area contributed by atoms with Crippen LogP contribution < -0.4 is 10.2 Å². The van der Waals surface area contributed by atoms with Crippen LogP contribution >= 0.6 is 11.6 Å². The van der Waals surface area contributed by atoms with Crippen LogP contribution in [0.3, 0.4) is 0 Å². The van der Waals surface area contributed by atoms with E-state index in [1.165, 1.54) is 12.3 Å². The summed E-state index contributed by atoms with van der Waals surface area (Å²) in [5.74, 6) is -0.185. The van der Waals surface area contributed by atoms with Crippen LogP contribution in [0.15, 0.2) is 88.3 Å². The monoisotopic (exact) mass is 376 g/mol. The zero-order chi connectivity index (χ0) is 18.8. The standard InChI is InChI=1S/C22H13ClO4/c23-19-9-5-4-8-16(19)18-13-26-20-12-15(10-11-17(20)21(18)24)27-22(25)14-6-2-1-3-7-14/h1-13H. The second kappa shape index (κ2) is 7.09. The van der Waals surface area contributed by atoms with E-state index in [0.29, 0.717) is 38.4 Å². The maximum Gasteiger partial charge on any atom is 0.343 e. The Kier molecular flexibility index (Phi) is 4.48. The van der Waals surface area contributed by atoms with Crippen molar-refractivity contribution >= 4 is 28.5 Å². The van der Waals surface area contributed by atoms with E-state index in [0.717, 1.165) is 0 Å². The lowest BCUT2D eigenvalue weighted by Gasteiger charge is -2.07. The summed E-state index contributed by atoms with van der Waals surface area (Å²) in [5.41, 5.74) is 1.55. The first kappa shape index (κ1) is 17.1. The first-order valence-electron chi connectivity index (χ1n) is 8.21. The quantitative estimate of drug-likeness (QED) is 0.358. The molecule has 0 aliphatic carbocycles. The summed E-state index contributed by atoms with van der Waals surface area (Å²) in [5, 5.41) is 0.851. The largest absolute Gasteiger partial charge is 0.463 e. The first-order valence-corrected chi connectivity index (χ1v) is 8.59. The number of hydrogen-bond donors (Lipinski definition) is 0. The maximum atomic E-state index is 12.8. The molecule has 0 saturated heterocycles. The summed E-state index contributed by atoms with van der Waals surface area (Å²) in [4.78, 5) is 25.0. The summed E-state index contributed by atoms with van der Waals surface area (Å²) in [6.45, 7) is 0. The van der Waals surface area contributed by atoms with Crippen LogP contribution in [0.25, 0.3) is 22.1 Å². The van der Waals surface area contributed by atoms with E-state index in [9.17, 15) is 9.59 Å². The Morgan fingerprint density at radius 2 is 1.63 bits per heavy atom. The highest BCUT2D eigenvalue weighted by atomic mass is 35.5. The Labute approximate surface area is 159 Å². The molecule has 0 radical (unpaired) electrons. The van der Waals surface area contributed by atoms with Crippen molar-refractivity contribution in [1.82, 2.24) is 0 Å². The third-order valence-electron chi connectivity index (χ3n) is 4.13. The number of benzene rings is 3.